The average Bonchev–Trinajstić information content (AvgIpc) is 3.09. The SMILES string of the molecule is CCCN(Cc1ccccc1)C(=O)C1CC(=O)N(c2ccccc2OC)C1. The van der Waals surface area contributed by atoms with Crippen molar-refractivity contribution in [3.8, 4) is 5.75 Å². The third-order valence-corrected chi connectivity index (χ3v) is 4.87. The molecule has 2 amide bonds. The molecule has 1 heterocycles. The molecule has 2 aromatic rings. The van der Waals surface area contributed by atoms with Gasteiger partial charge in [-0.25, -0.2) is 0 Å². The smallest absolute Gasteiger partial charge is 0.228 e. The van der Waals surface area contributed by atoms with Crippen LogP contribution in [0.3, 0.4) is 0 Å². The molecular formula is C22H26N2O3. The van der Waals surface area contributed by atoms with Crippen LogP contribution in [0.2, 0.25) is 0 Å². The molecule has 27 heavy (non-hydrogen) atoms. The second-order valence-corrected chi connectivity index (χ2v) is 6.82. The van der Waals surface area contributed by atoms with Crippen LogP contribution in [0.4, 0.5) is 5.69 Å². The fraction of sp³-hybridized carbons (Fsp3) is 0.364. The molecule has 1 aliphatic heterocycles. The number of para-hydroxylation sites is 2. The molecule has 0 bridgehead atoms. The summed E-state index contributed by atoms with van der Waals surface area (Å²) in [5, 5.41) is 0. The Labute approximate surface area is 160 Å². The molecule has 1 fully saturated rings. The van der Waals surface area contributed by atoms with Crippen LogP contribution in [0, 0.1) is 5.92 Å². The van der Waals surface area contributed by atoms with Crippen molar-refractivity contribution in [3.05, 3.63) is 60.2 Å². The Hall–Kier alpha value is -2.82. The van der Waals surface area contributed by atoms with Crippen molar-refractivity contribution in [2.24, 2.45) is 5.92 Å². The van der Waals surface area contributed by atoms with Crippen LogP contribution in [0.15, 0.2) is 54.6 Å². The standard InChI is InChI=1S/C22H26N2O3/c1-3-13-23(15-17-9-5-4-6-10-17)22(26)18-14-21(25)24(16-18)19-11-7-8-12-20(19)27-2/h4-12,18H,3,13-16H2,1-2H3. The minimum atomic E-state index is -0.322. The minimum absolute atomic E-state index is 0.0333. The monoisotopic (exact) mass is 366 g/mol. The molecule has 1 atom stereocenters. The lowest BCUT2D eigenvalue weighted by Crippen LogP contribution is -2.37. The van der Waals surface area contributed by atoms with Crippen molar-refractivity contribution in [1.82, 2.24) is 4.90 Å². The van der Waals surface area contributed by atoms with E-state index in [1.165, 1.54) is 0 Å². The van der Waals surface area contributed by atoms with E-state index in [0.717, 1.165) is 17.7 Å². The summed E-state index contributed by atoms with van der Waals surface area (Å²) in [6.07, 6.45) is 1.13. The minimum Gasteiger partial charge on any atom is -0.495 e. The van der Waals surface area contributed by atoms with Crippen LogP contribution in [0.5, 0.6) is 5.75 Å². The number of hydrogen-bond acceptors (Lipinski definition) is 3. The first-order chi connectivity index (χ1) is 13.1. The molecule has 0 radical (unpaired) electrons. The molecule has 3 rings (SSSR count). The fourth-order valence-corrected chi connectivity index (χ4v) is 3.56. The van der Waals surface area contributed by atoms with Crippen LogP contribution in [-0.2, 0) is 16.1 Å². The van der Waals surface area contributed by atoms with E-state index in [1.54, 1.807) is 12.0 Å². The van der Waals surface area contributed by atoms with E-state index in [-0.39, 0.29) is 24.2 Å². The molecule has 1 unspecified atom stereocenters. The van der Waals surface area contributed by atoms with E-state index < -0.39 is 0 Å². The lowest BCUT2D eigenvalue weighted by atomic mass is 10.1. The number of carbonyl (C=O) groups excluding carboxylic acids is 2. The second-order valence-electron chi connectivity index (χ2n) is 6.82. The van der Waals surface area contributed by atoms with Gasteiger partial charge in [-0.05, 0) is 24.1 Å². The van der Waals surface area contributed by atoms with Gasteiger partial charge < -0.3 is 14.5 Å². The predicted octanol–water partition coefficient (Wildman–Crippen LogP) is 3.49. The highest BCUT2D eigenvalue weighted by atomic mass is 16.5. The van der Waals surface area contributed by atoms with E-state index in [1.807, 2.05) is 59.5 Å². The Bertz CT molecular complexity index is 791. The van der Waals surface area contributed by atoms with Crippen LogP contribution in [0.1, 0.15) is 25.3 Å². The van der Waals surface area contributed by atoms with Gasteiger partial charge in [-0.1, -0.05) is 49.4 Å². The molecule has 5 heteroatoms. The van der Waals surface area contributed by atoms with E-state index >= 15 is 0 Å². The summed E-state index contributed by atoms with van der Waals surface area (Å²) in [5.74, 6) is 0.340. The molecule has 2 aromatic carbocycles. The van der Waals surface area contributed by atoms with Gasteiger partial charge in [-0.15, -0.1) is 0 Å². The highest BCUT2D eigenvalue weighted by molar-refractivity contribution is 6.01. The molecule has 0 N–H and O–H groups in total. The zero-order valence-electron chi connectivity index (χ0n) is 15.9. The summed E-state index contributed by atoms with van der Waals surface area (Å²) in [6, 6.07) is 17.4. The Morgan fingerprint density at radius 2 is 1.85 bits per heavy atom. The molecule has 1 saturated heterocycles. The van der Waals surface area contributed by atoms with Gasteiger partial charge in [0, 0.05) is 26.1 Å². The van der Waals surface area contributed by atoms with Crippen LogP contribution in [0.25, 0.3) is 0 Å². The second kappa shape index (κ2) is 8.71. The molecular weight excluding hydrogens is 340 g/mol. The maximum absolute atomic E-state index is 13.1. The number of benzene rings is 2. The largest absolute Gasteiger partial charge is 0.495 e. The Balaban J connectivity index is 1.75. The quantitative estimate of drug-likeness (QED) is 0.754. The summed E-state index contributed by atoms with van der Waals surface area (Å²) in [5.41, 5.74) is 1.83. The van der Waals surface area contributed by atoms with Crippen LogP contribution in [-0.4, -0.2) is 36.9 Å². The molecule has 0 spiro atoms. The molecule has 5 nitrogen and oxygen atoms in total. The van der Waals surface area contributed by atoms with Crippen molar-refractivity contribution in [2.45, 2.75) is 26.3 Å². The first-order valence-corrected chi connectivity index (χ1v) is 9.40. The summed E-state index contributed by atoms with van der Waals surface area (Å²) in [6.45, 7) is 3.72. The molecule has 0 saturated carbocycles. The third-order valence-electron chi connectivity index (χ3n) is 4.87. The predicted molar refractivity (Wildman–Crippen MR) is 106 cm³/mol. The van der Waals surface area contributed by atoms with E-state index in [2.05, 4.69) is 6.92 Å². The van der Waals surface area contributed by atoms with Crippen molar-refractivity contribution in [3.63, 3.8) is 0 Å². The topological polar surface area (TPSA) is 49.9 Å². The molecule has 0 aromatic heterocycles. The summed E-state index contributed by atoms with van der Waals surface area (Å²) < 4.78 is 5.38. The van der Waals surface area contributed by atoms with E-state index in [0.29, 0.717) is 25.4 Å². The Kier molecular flexibility index (Phi) is 6.12. The van der Waals surface area contributed by atoms with Crippen LogP contribution < -0.4 is 9.64 Å². The Morgan fingerprint density at radius 1 is 1.15 bits per heavy atom. The van der Waals surface area contributed by atoms with Crippen molar-refractivity contribution in [1.29, 1.82) is 0 Å². The van der Waals surface area contributed by atoms with E-state index in [4.69, 9.17) is 4.74 Å². The first-order valence-electron chi connectivity index (χ1n) is 9.40. The van der Waals surface area contributed by atoms with Crippen LogP contribution >= 0.6 is 0 Å². The van der Waals surface area contributed by atoms with Gasteiger partial charge in [0.25, 0.3) is 0 Å². The summed E-state index contributed by atoms with van der Waals surface area (Å²) in [7, 11) is 1.59. The lowest BCUT2D eigenvalue weighted by molar-refractivity contribution is -0.136. The maximum atomic E-state index is 13.1. The van der Waals surface area contributed by atoms with Gasteiger partial charge in [-0.3, -0.25) is 9.59 Å². The number of rotatable bonds is 7. The van der Waals surface area contributed by atoms with Gasteiger partial charge in [-0.2, -0.15) is 0 Å². The highest BCUT2D eigenvalue weighted by Crippen LogP contribution is 2.33. The zero-order valence-corrected chi connectivity index (χ0v) is 15.9. The lowest BCUT2D eigenvalue weighted by Gasteiger charge is -2.25. The Morgan fingerprint density at radius 3 is 2.56 bits per heavy atom. The summed E-state index contributed by atoms with van der Waals surface area (Å²) in [4.78, 5) is 29.3. The van der Waals surface area contributed by atoms with Crippen molar-refractivity contribution in [2.75, 3.05) is 25.1 Å². The highest BCUT2D eigenvalue weighted by Gasteiger charge is 2.38. The van der Waals surface area contributed by atoms with Crippen molar-refractivity contribution < 1.29 is 14.3 Å². The third kappa shape index (κ3) is 4.30. The maximum Gasteiger partial charge on any atom is 0.228 e. The number of carbonyl (C=O) groups is 2. The first kappa shape index (κ1) is 19.0. The number of methoxy groups -OCH3 is 1. The molecule has 142 valence electrons. The number of amides is 2. The van der Waals surface area contributed by atoms with E-state index in [9.17, 15) is 9.59 Å². The van der Waals surface area contributed by atoms with Gasteiger partial charge in [0.15, 0.2) is 0 Å². The average molecular weight is 366 g/mol. The molecule has 0 aliphatic carbocycles. The summed E-state index contributed by atoms with van der Waals surface area (Å²) >= 11 is 0. The normalized spacial score (nSPS) is 16.4. The fourth-order valence-electron chi connectivity index (χ4n) is 3.56. The van der Waals surface area contributed by atoms with Crippen molar-refractivity contribution >= 4 is 17.5 Å². The number of ether oxygens (including phenoxy) is 1. The van der Waals surface area contributed by atoms with Gasteiger partial charge in [0.05, 0.1) is 18.7 Å². The number of hydrogen-bond donors (Lipinski definition) is 0. The van der Waals surface area contributed by atoms with Gasteiger partial charge in [0.2, 0.25) is 11.8 Å². The van der Waals surface area contributed by atoms with Gasteiger partial charge in [0.1, 0.15) is 5.75 Å². The van der Waals surface area contributed by atoms with Gasteiger partial charge >= 0.3 is 0 Å². The molecule has 1 aliphatic rings. The number of nitrogens with zero attached hydrogens (tertiary/aromatic N) is 2. The zero-order chi connectivity index (χ0) is 19.2. The number of anilines is 1.